The van der Waals surface area contributed by atoms with Crippen LogP contribution in [0.1, 0.15) is 18.1 Å². The molecule has 4 heteroatoms. The van der Waals surface area contributed by atoms with Gasteiger partial charge in [0, 0.05) is 6.08 Å². The Hall–Kier alpha value is -1.71. The van der Waals surface area contributed by atoms with E-state index in [0.29, 0.717) is 16.8 Å². The number of halogens is 2. The quantitative estimate of drug-likeness (QED) is 0.441. The second kappa shape index (κ2) is 4.50. The van der Waals surface area contributed by atoms with Crippen LogP contribution < -0.4 is 0 Å². The Morgan fingerprint density at radius 1 is 1.29 bits per heavy atom. The molecule has 0 radical (unpaired) electrons. The van der Waals surface area contributed by atoms with Crippen LogP contribution in [0.5, 0.6) is 0 Å². The maximum atomic E-state index is 11.8. The molecule has 0 aliphatic rings. The molecule has 0 saturated heterocycles. The molecule has 0 bridgehead atoms. The van der Waals surface area contributed by atoms with Crippen LogP contribution in [0.4, 0.5) is 8.78 Å². The normalized spacial score (nSPS) is 11.2. The molecule has 0 saturated carbocycles. The Balaban J connectivity index is 2.95. The van der Waals surface area contributed by atoms with Gasteiger partial charge in [0.2, 0.25) is 0 Å². The minimum Gasteiger partial charge on any atom is -0.411 e. The van der Waals surface area contributed by atoms with Crippen molar-refractivity contribution in [3.8, 4) is 0 Å². The maximum Gasteiger partial charge on any atom is 0.270 e. The zero-order chi connectivity index (χ0) is 10.6. The molecule has 0 amide bonds. The summed E-state index contributed by atoms with van der Waals surface area (Å²) in [4.78, 5) is 0. The Morgan fingerprint density at radius 2 is 1.86 bits per heavy atom. The van der Waals surface area contributed by atoms with Crippen molar-refractivity contribution in [3.63, 3.8) is 0 Å². The van der Waals surface area contributed by atoms with Crippen LogP contribution in [0.3, 0.4) is 0 Å². The first-order chi connectivity index (χ1) is 6.63. The molecule has 1 aromatic rings. The largest absolute Gasteiger partial charge is 0.411 e. The molecule has 0 spiro atoms. The van der Waals surface area contributed by atoms with E-state index < -0.39 is 6.08 Å². The highest BCUT2D eigenvalue weighted by Crippen LogP contribution is 2.10. The SMILES string of the molecule is CC(=NO)c1ccc(C=C(F)F)cc1. The fraction of sp³-hybridized carbons (Fsp3) is 0.100. The highest BCUT2D eigenvalue weighted by atomic mass is 19.3. The highest BCUT2D eigenvalue weighted by molar-refractivity contribution is 5.98. The van der Waals surface area contributed by atoms with Crippen LogP contribution in [-0.2, 0) is 0 Å². The summed E-state index contributed by atoms with van der Waals surface area (Å²) < 4.78 is 23.7. The van der Waals surface area contributed by atoms with Crippen molar-refractivity contribution >= 4 is 11.8 Å². The highest BCUT2D eigenvalue weighted by Gasteiger charge is 1.97. The summed E-state index contributed by atoms with van der Waals surface area (Å²) in [7, 11) is 0. The monoisotopic (exact) mass is 197 g/mol. The topological polar surface area (TPSA) is 32.6 Å². The van der Waals surface area contributed by atoms with E-state index in [9.17, 15) is 8.78 Å². The van der Waals surface area contributed by atoms with Gasteiger partial charge in [0.05, 0.1) is 5.71 Å². The summed E-state index contributed by atoms with van der Waals surface area (Å²) in [5, 5.41) is 11.5. The fourth-order valence-corrected chi connectivity index (χ4v) is 1.00. The minimum absolute atomic E-state index is 0.416. The zero-order valence-corrected chi connectivity index (χ0v) is 7.54. The first-order valence-corrected chi connectivity index (χ1v) is 3.95. The zero-order valence-electron chi connectivity index (χ0n) is 7.54. The van der Waals surface area contributed by atoms with Gasteiger partial charge in [-0.05, 0) is 18.1 Å². The average molecular weight is 197 g/mol. The van der Waals surface area contributed by atoms with E-state index in [1.165, 1.54) is 12.1 Å². The van der Waals surface area contributed by atoms with Crippen LogP contribution in [-0.4, -0.2) is 10.9 Å². The lowest BCUT2D eigenvalue weighted by Gasteiger charge is -1.98. The molecule has 2 nitrogen and oxygen atoms in total. The predicted molar refractivity (Wildman–Crippen MR) is 50.6 cm³/mol. The molecular formula is C10H9F2NO. The lowest BCUT2D eigenvalue weighted by Crippen LogP contribution is -1.93. The van der Waals surface area contributed by atoms with Crippen LogP contribution in [0.25, 0.3) is 6.08 Å². The molecule has 0 heterocycles. The van der Waals surface area contributed by atoms with E-state index in [0.717, 1.165) is 6.08 Å². The lowest BCUT2D eigenvalue weighted by atomic mass is 10.1. The molecule has 0 aliphatic heterocycles. The van der Waals surface area contributed by atoms with Crippen LogP contribution in [0.15, 0.2) is 35.5 Å². The molecule has 74 valence electrons. The van der Waals surface area contributed by atoms with Gasteiger partial charge in [-0.15, -0.1) is 0 Å². The Labute approximate surface area is 80.2 Å². The van der Waals surface area contributed by atoms with E-state index in [1.807, 2.05) is 0 Å². The van der Waals surface area contributed by atoms with E-state index in [2.05, 4.69) is 5.16 Å². The van der Waals surface area contributed by atoms with Crippen LogP contribution >= 0.6 is 0 Å². The van der Waals surface area contributed by atoms with E-state index in [-0.39, 0.29) is 0 Å². The first kappa shape index (κ1) is 10.4. The molecule has 0 atom stereocenters. The smallest absolute Gasteiger partial charge is 0.270 e. The summed E-state index contributed by atoms with van der Waals surface area (Å²) >= 11 is 0. The Bertz CT molecular complexity index is 364. The van der Waals surface area contributed by atoms with Gasteiger partial charge in [0.25, 0.3) is 6.08 Å². The summed E-state index contributed by atoms with van der Waals surface area (Å²) in [6.45, 7) is 1.63. The molecule has 0 aliphatic carbocycles. The number of oxime groups is 1. The molecule has 0 unspecified atom stereocenters. The van der Waals surface area contributed by atoms with Crippen molar-refractivity contribution < 1.29 is 14.0 Å². The second-order valence-corrected chi connectivity index (χ2v) is 2.74. The molecule has 0 aromatic heterocycles. The van der Waals surface area contributed by atoms with Crippen LogP contribution in [0, 0.1) is 0 Å². The van der Waals surface area contributed by atoms with Gasteiger partial charge >= 0.3 is 0 Å². The summed E-state index contributed by atoms with van der Waals surface area (Å²) in [6, 6.07) is 6.29. The van der Waals surface area contributed by atoms with E-state index in [4.69, 9.17) is 5.21 Å². The minimum atomic E-state index is -1.73. The third-order valence-electron chi connectivity index (χ3n) is 1.75. The maximum absolute atomic E-state index is 11.8. The Kier molecular flexibility index (Phi) is 3.34. The summed E-state index contributed by atoms with van der Waals surface area (Å²) in [5.41, 5.74) is 1.56. The van der Waals surface area contributed by atoms with Crippen molar-refractivity contribution in [1.29, 1.82) is 0 Å². The second-order valence-electron chi connectivity index (χ2n) is 2.74. The van der Waals surface area contributed by atoms with Gasteiger partial charge in [-0.2, -0.15) is 8.78 Å². The standard InChI is InChI=1S/C10H9F2NO/c1-7(13-14)9-4-2-8(3-5-9)6-10(11)12/h2-6,14H,1H3. The molecule has 14 heavy (non-hydrogen) atoms. The molecular weight excluding hydrogens is 188 g/mol. The fourth-order valence-electron chi connectivity index (χ4n) is 1.00. The van der Waals surface area contributed by atoms with Gasteiger partial charge in [0.1, 0.15) is 0 Å². The van der Waals surface area contributed by atoms with E-state index >= 15 is 0 Å². The lowest BCUT2D eigenvalue weighted by molar-refractivity contribution is 0.319. The average Bonchev–Trinajstić information content (AvgIpc) is 2.17. The van der Waals surface area contributed by atoms with Crippen molar-refractivity contribution in [2.45, 2.75) is 6.92 Å². The number of hydrogen-bond donors (Lipinski definition) is 1. The van der Waals surface area contributed by atoms with E-state index in [1.54, 1.807) is 19.1 Å². The number of hydrogen-bond acceptors (Lipinski definition) is 2. The number of benzene rings is 1. The molecule has 0 fully saturated rings. The van der Waals surface area contributed by atoms with Gasteiger partial charge in [-0.25, -0.2) is 0 Å². The number of rotatable bonds is 2. The summed E-state index contributed by atoms with van der Waals surface area (Å²) in [6.07, 6.45) is -0.958. The molecule has 1 N–H and O–H groups in total. The van der Waals surface area contributed by atoms with Crippen molar-refractivity contribution in [2.24, 2.45) is 5.16 Å². The number of nitrogens with zero attached hydrogens (tertiary/aromatic N) is 1. The summed E-state index contributed by atoms with van der Waals surface area (Å²) in [5.74, 6) is 0. The van der Waals surface area contributed by atoms with Crippen LogP contribution in [0.2, 0.25) is 0 Å². The van der Waals surface area contributed by atoms with Gasteiger partial charge in [-0.3, -0.25) is 0 Å². The van der Waals surface area contributed by atoms with Crippen molar-refractivity contribution in [3.05, 3.63) is 41.5 Å². The molecule has 1 rings (SSSR count). The van der Waals surface area contributed by atoms with Crippen molar-refractivity contribution in [2.75, 3.05) is 0 Å². The predicted octanol–water partition coefficient (Wildman–Crippen LogP) is 3.12. The Morgan fingerprint density at radius 3 is 2.29 bits per heavy atom. The first-order valence-electron chi connectivity index (χ1n) is 3.95. The van der Waals surface area contributed by atoms with Gasteiger partial charge < -0.3 is 5.21 Å². The molecule has 1 aromatic carbocycles. The van der Waals surface area contributed by atoms with Crippen molar-refractivity contribution in [1.82, 2.24) is 0 Å². The van der Waals surface area contributed by atoms with Gasteiger partial charge in [0.15, 0.2) is 0 Å². The third-order valence-corrected chi connectivity index (χ3v) is 1.75. The third kappa shape index (κ3) is 2.65. The van der Waals surface area contributed by atoms with Gasteiger partial charge in [-0.1, -0.05) is 29.4 Å².